The van der Waals surface area contributed by atoms with Crippen LogP contribution in [0.2, 0.25) is 0 Å². The monoisotopic (exact) mass is 215 g/mol. The zero-order chi connectivity index (χ0) is 11.0. The summed E-state index contributed by atoms with van der Waals surface area (Å²) in [6.45, 7) is 0.960. The summed E-state index contributed by atoms with van der Waals surface area (Å²) < 4.78 is 5.45. The van der Waals surface area contributed by atoms with Gasteiger partial charge in [0.15, 0.2) is 0 Å². The summed E-state index contributed by atoms with van der Waals surface area (Å²) in [5.74, 6) is 1.69. The first-order valence-corrected chi connectivity index (χ1v) is 6.09. The largest absolute Gasteiger partial charge is 0.496 e. The van der Waals surface area contributed by atoms with Crippen LogP contribution in [0.3, 0.4) is 0 Å². The van der Waals surface area contributed by atoms with Gasteiger partial charge in [0.25, 0.3) is 0 Å². The minimum absolute atomic E-state index is 0.705. The highest BCUT2D eigenvalue weighted by atomic mass is 16.5. The van der Waals surface area contributed by atoms with Crippen molar-refractivity contribution >= 4 is 6.21 Å². The third kappa shape index (κ3) is 1.44. The quantitative estimate of drug-likeness (QED) is 0.705. The number of nitrogens with zero attached hydrogens (tertiary/aromatic N) is 1. The molecule has 0 spiro atoms. The van der Waals surface area contributed by atoms with Crippen LogP contribution in [-0.4, -0.2) is 19.9 Å². The molecule has 2 aliphatic rings. The van der Waals surface area contributed by atoms with Crippen molar-refractivity contribution in [1.82, 2.24) is 0 Å². The molecule has 2 heteroatoms. The number of ether oxygens (including phenoxy) is 1. The average molecular weight is 215 g/mol. The number of hydrogen-bond donors (Lipinski definition) is 0. The molecule has 3 rings (SSSR count). The zero-order valence-electron chi connectivity index (χ0n) is 9.70. The van der Waals surface area contributed by atoms with Crippen molar-refractivity contribution in [3.05, 3.63) is 28.8 Å². The fraction of sp³-hybridized carbons (Fsp3) is 0.500. The summed E-state index contributed by atoms with van der Waals surface area (Å²) >= 11 is 0. The van der Waals surface area contributed by atoms with Gasteiger partial charge in [-0.1, -0.05) is 6.07 Å². The van der Waals surface area contributed by atoms with E-state index in [4.69, 9.17) is 4.74 Å². The summed E-state index contributed by atoms with van der Waals surface area (Å²) in [6.07, 6.45) is 7.07. The molecule has 1 aromatic carbocycles. The summed E-state index contributed by atoms with van der Waals surface area (Å²) in [6, 6.07) is 4.33. The normalized spacial score (nSPS) is 22.4. The van der Waals surface area contributed by atoms with Crippen molar-refractivity contribution < 1.29 is 4.74 Å². The van der Waals surface area contributed by atoms with Crippen molar-refractivity contribution in [2.45, 2.75) is 31.6 Å². The van der Waals surface area contributed by atoms with E-state index in [1.807, 2.05) is 6.21 Å². The Morgan fingerprint density at radius 3 is 3.12 bits per heavy atom. The Balaban J connectivity index is 2.22. The first kappa shape index (κ1) is 9.88. The Hall–Kier alpha value is -1.31. The molecule has 1 aliphatic carbocycles. The molecule has 0 saturated heterocycles. The van der Waals surface area contributed by atoms with Gasteiger partial charge in [-0.3, -0.25) is 4.99 Å². The van der Waals surface area contributed by atoms with Gasteiger partial charge in [0.1, 0.15) is 5.75 Å². The van der Waals surface area contributed by atoms with Crippen LogP contribution < -0.4 is 4.74 Å². The maximum atomic E-state index is 5.45. The predicted octanol–water partition coefficient (Wildman–Crippen LogP) is 2.94. The number of methoxy groups -OCH3 is 1. The van der Waals surface area contributed by atoms with E-state index in [-0.39, 0.29) is 0 Å². The van der Waals surface area contributed by atoms with Gasteiger partial charge in [0, 0.05) is 18.3 Å². The lowest BCUT2D eigenvalue weighted by Gasteiger charge is -2.26. The molecule has 0 radical (unpaired) electrons. The molecule has 0 fully saturated rings. The smallest absolute Gasteiger partial charge is 0.127 e. The van der Waals surface area contributed by atoms with E-state index < -0.39 is 0 Å². The van der Waals surface area contributed by atoms with Crippen LogP contribution in [-0.2, 0) is 6.42 Å². The highest BCUT2D eigenvalue weighted by molar-refractivity contribution is 5.87. The van der Waals surface area contributed by atoms with E-state index in [9.17, 15) is 0 Å². The van der Waals surface area contributed by atoms with Crippen LogP contribution in [0.1, 0.15) is 41.9 Å². The SMILES string of the molecule is COc1ccc2c3c1C=NCC[C@@H]3CCC2. The third-order valence-electron chi connectivity index (χ3n) is 3.79. The van der Waals surface area contributed by atoms with Crippen molar-refractivity contribution in [3.63, 3.8) is 0 Å². The van der Waals surface area contributed by atoms with Crippen molar-refractivity contribution in [3.8, 4) is 5.75 Å². The van der Waals surface area contributed by atoms with Gasteiger partial charge < -0.3 is 4.74 Å². The lowest BCUT2D eigenvalue weighted by molar-refractivity contribution is 0.411. The van der Waals surface area contributed by atoms with E-state index >= 15 is 0 Å². The van der Waals surface area contributed by atoms with Gasteiger partial charge in [-0.05, 0) is 48.8 Å². The fourth-order valence-corrected chi connectivity index (χ4v) is 3.03. The van der Waals surface area contributed by atoms with E-state index in [2.05, 4.69) is 17.1 Å². The molecule has 0 amide bonds. The van der Waals surface area contributed by atoms with Crippen molar-refractivity contribution in [2.75, 3.05) is 13.7 Å². The zero-order valence-corrected chi connectivity index (χ0v) is 9.70. The highest BCUT2D eigenvalue weighted by Crippen LogP contribution is 2.40. The number of benzene rings is 1. The second-order valence-electron chi connectivity index (χ2n) is 4.67. The van der Waals surface area contributed by atoms with Crippen LogP contribution in [0.15, 0.2) is 17.1 Å². The summed E-state index contributed by atoms with van der Waals surface area (Å²) in [7, 11) is 1.74. The van der Waals surface area contributed by atoms with E-state index in [0.717, 1.165) is 12.3 Å². The van der Waals surface area contributed by atoms with Crippen LogP contribution >= 0.6 is 0 Å². The fourth-order valence-electron chi connectivity index (χ4n) is 3.03. The van der Waals surface area contributed by atoms with Gasteiger partial charge in [-0.15, -0.1) is 0 Å². The van der Waals surface area contributed by atoms with E-state index in [1.54, 1.807) is 7.11 Å². The average Bonchev–Trinajstić information content (AvgIpc) is 2.55. The lowest BCUT2D eigenvalue weighted by atomic mass is 9.79. The second kappa shape index (κ2) is 3.93. The molecular formula is C14H17NO. The van der Waals surface area contributed by atoms with Gasteiger partial charge in [0.2, 0.25) is 0 Å². The minimum Gasteiger partial charge on any atom is -0.496 e. The second-order valence-corrected chi connectivity index (χ2v) is 4.67. The molecule has 1 aromatic rings. The molecule has 0 unspecified atom stereocenters. The molecule has 1 heterocycles. The van der Waals surface area contributed by atoms with Crippen LogP contribution in [0, 0.1) is 0 Å². The Bertz CT molecular complexity index is 437. The lowest BCUT2D eigenvalue weighted by Crippen LogP contribution is -2.12. The summed E-state index contributed by atoms with van der Waals surface area (Å²) in [4.78, 5) is 4.48. The van der Waals surface area contributed by atoms with Crippen LogP contribution in [0.25, 0.3) is 0 Å². The Kier molecular flexibility index (Phi) is 2.43. The van der Waals surface area contributed by atoms with Gasteiger partial charge in [0.05, 0.1) is 7.11 Å². The molecule has 0 saturated carbocycles. The van der Waals surface area contributed by atoms with Crippen LogP contribution in [0.5, 0.6) is 5.75 Å². The molecule has 0 bridgehead atoms. The molecule has 2 nitrogen and oxygen atoms in total. The van der Waals surface area contributed by atoms with Crippen molar-refractivity contribution in [2.24, 2.45) is 4.99 Å². The molecule has 16 heavy (non-hydrogen) atoms. The number of aryl methyl sites for hydroxylation is 1. The molecular weight excluding hydrogens is 198 g/mol. The number of aliphatic imine (C=N–C) groups is 1. The van der Waals surface area contributed by atoms with Gasteiger partial charge in [-0.25, -0.2) is 0 Å². The molecule has 0 aromatic heterocycles. The molecule has 1 aliphatic heterocycles. The van der Waals surface area contributed by atoms with E-state index in [1.165, 1.54) is 42.4 Å². The standard InChI is InChI=1S/C14H17NO/c1-16-13-6-5-10-3-2-4-11-7-8-15-9-12(13)14(10)11/h5-6,9,11H,2-4,7-8H2,1H3/t11-/m0/s1. The first-order valence-electron chi connectivity index (χ1n) is 6.09. The van der Waals surface area contributed by atoms with E-state index in [0.29, 0.717) is 5.92 Å². The molecule has 84 valence electrons. The minimum atomic E-state index is 0.705. The summed E-state index contributed by atoms with van der Waals surface area (Å²) in [5, 5.41) is 0. The molecule has 0 N–H and O–H groups in total. The van der Waals surface area contributed by atoms with Crippen LogP contribution in [0.4, 0.5) is 0 Å². The summed E-state index contributed by atoms with van der Waals surface area (Å²) in [5.41, 5.74) is 4.27. The Morgan fingerprint density at radius 1 is 1.31 bits per heavy atom. The van der Waals surface area contributed by atoms with Gasteiger partial charge in [-0.2, -0.15) is 0 Å². The van der Waals surface area contributed by atoms with Gasteiger partial charge >= 0.3 is 0 Å². The topological polar surface area (TPSA) is 21.6 Å². The maximum absolute atomic E-state index is 5.45. The van der Waals surface area contributed by atoms with Crippen molar-refractivity contribution in [1.29, 1.82) is 0 Å². The highest BCUT2D eigenvalue weighted by Gasteiger charge is 2.25. The third-order valence-corrected chi connectivity index (χ3v) is 3.79. The number of rotatable bonds is 1. The Labute approximate surface area is 96.3 Å². The Morgan fingerprint density at radius 2 is 2.25 bits per heavy atom. The first-order chi connectivity index (χ1) is 7.90. The molecule has 1 atom stereocenters. The number of hydrogen-bond acceptors (Lipinski definition) is 2. The predicted molar refractivity (Wildman–Crippen MR) is 65.8 cm³/mol. The maximum Gasteiger partial charge on any atom is 0.127 e.